The predicted octanol–water partition coefficient (Wildman–Crippen LogP) is 5.10. The van der Waals surface area contributed by atoms with Gasteiger partial charge >= 0.3 is 6.09 Å². The highest BCUT2D eigenvalue weighted by molar-refractivity contribution is 5.77. The van der Waals surface area contributed by atoms with Crippen LogP contribution in [-0.4, -0.2) is 47.0 Å². The maximum absolute atomic E-state index is 13.0. The van der Waals surface area contributed by atoms with Crippen molar-refractivity contribution in [3.05, 3.63) is 65.2 Å². The first-order chi connectivity index (χ1) is 15.2. The highest BCUT2D eigenvalue weighted by atomic mass is 16.6. The second-order valence-corrected chi connectivity index (χ2v) is 9.18. The van der Waals surface area contributed by atoms with Gasteiger partial charge in [0.2, 0.25) is 5.91 Å². The van der Waals surface area contributed by atoms with Gasteiger partial charge in [0.15, 0.2) is 0 Å². The van der Waals surface area contributed by atoms with Gasteiger partial charge in [0.05, 0.1) is 6.04 Å². The molecule has 0 radical (unpaired) electrons. The molecular weight excluding hydrogens is 404 g/mol. The zero-order valence-corrected chi connectivity index (χ0v) is 19.8. The second kappa shape index (κ2) is 10.1. The van der Waals surface area contributed by atoms with Crippen LogP contribution in [0, 0.1) is 6.92 Å². The van der Waals surface area contributed by atoms with Crippen molar-refractivity contribution in [1.29, 1.82) is 0 Å². The molecule has 1 aliphatic heterocycles. The molecule has 0 spiro atoms. The van der Waals surface area contributed by atoms with Gasteiger partial charge in [-0.05, 0) is 56.5 Å². The van der Waals surface area contributed by atoms with Crippen molar-refractivity contribution in [1.82, 2.24) is 9.80 Å². The number of hydrogen-bond acceptors (Lipinski definition) is 4. The maximum Gasteiger partial charge on any atom is 0.410 e. The van der Waals surface area contributed by atoms with Gasteiger partial charge < -0.3 is 14.4 Å². The van der Waals surface area contributed by atoms with Gasteiger partial charge in [-0.2, -0.15) is 0 Å². The van der Waals surface area contributed by atoms with E-state index >= 15 is 0 Å². The Morgan fingerprint density at radius 1 is 1.06 bits per heavy atom. The minimum atomic E-state index is -0.581. The maximum atomic E-state index is 13.0. The molecule has 172 valence electrons. The summed E-state index contributed by atoms with van der Waals surface area (Å²) < 4.78 is 11.6. The lowest BCUT2D eigenvalue weighted by Crippen LogP contribution is -2.53. The Labute approximate surface area is 191 Å². The molecule has 0 bridgehead atoms. The molecule has 0 saturated carbocycles. The lowest BCUT2D eigenvalue weighted by molar-refractivity contribution is -0.134. The first kappa shape index (κ1) is 23.6. The molecule has 32 heavy (non-hydrogen) atoms. The molecule has 0 aromatic heterocycles. The third-order valence-electron chi connectivity index (χ3n) is 5.51. The number of amides is 2. The molecule has 1 saturated heterocycles. The lowest BCUT2D eigenvalue weighted by atomic mass is 9.97. The summed E-state index contributed by atoms with van der Waals surface area (Å²) in [7, 11) is 0. The van der Waals surface area contributed by atoms with Crippen LogP contribution in [0.3, 0.4) is 0 Å². The smallest absolute Gasteiger partial charge is 0.410 e. The summed E-state index contributed by atoms with van der Waals surface area (Å²) >= 11 is 0. The molecule has 6 nitrogen and oxygen atoms in total. The summed E-state index contributed by atoms with van der Waals surface area (Å²) in [5.74, 6) is 0.871. The van der Waals surface area contributed by atoms with Crippen LogP contribution in [0.4, 0.5) is 4.79 Å². The molecule has 0 aliphatic carbocycles. The minimum Gasteiger partial charge on any atom is -0.489 e. The quantitative estimate of drug-likeness (QED) is 0.651. The number of ether oxygens (including phenoxy) is 2. The molecule has 1 heterocycles. The fourth-order valence-corrected chi connectivity index (χ4v) is 3.89. The van der Waals surface area contributed by atoms with Crippen LogP contribution in [0.1, 0.15) is 56.8 Å². The zero-order valence-electron chi connectivity index (χ0n) is 19.8. The summed E-state index contributed by atoms with van der Waals surface area (Å²) in [5.41, 5.74) is 2.53. The van der Waals surface area contributed by atoms with Crippen LogP contribution >= 0.6 is 0 Å². The lowest BCUT2D eigenvalue weighted by Gasteiger charge is -2.42. The van der Waals surface area contributed by atoms with Gasteiger partial charge in [-0.25, -0.2) is 4.79 Å². The molecule has 1 unspecified atom stereocenters. The number of benzene rings is 2. The van der Waals surface area contributed by atoms with Crippen LogP contribution in [0.5, 0.6) is 5.75 Å². The number of piperazine rings is 1. The summed E-state index contributed by atoms with van der Waals surface area (Å²) in [6.07, 6.45) is 0.0969. The molecule has 1 aliphatic rings. The van der Waals surface area contributed by atoms with E-state index in [1.165, 1.54) is 0 Å². The van der Waals surface area contributed by atoms with Crippen molar-refractivity contribution in [3.8, 4) is 5.75 Å². The number of rotatable bonds is 5. The van der Waals surface area contributed by atoms with Crippen molar-refractivity contribution in [2.24, 2.45) is 0 Å². The van der Waals surface area contributed by atoms with E-state index in [1.807, 2.05) is 88.0 Å². The van der Waals surface area contributed by atoms with Crippen LogP contribution in [0.25, 0.3) is 0 Å². The van der Waals surface area contributed by atoms with E-state index in [0.29, 0.717) is 32.7 Å². The Morgan fingerprint density at radius 2 is 1.78 bits per heavy atom. The SMILES string of the molecule is CCC(=O)N1CCN(C(=O)OC(C)(C)C)C(c2ccc(OCc3ccccc3)cc2C)C1. The third kappa shape index (κ3) is 6.02. The average molecular weight is 439 g/mol. The molecule has 1 atom stereocenters. The third-order valence-corrected chi connectivity index (χ3v) is 5.51. The number of carbonyl (C=O) groups excluding carboxylic acids is 2. The van der Waals surface area contributed by atoms with Gasteiger partial charge in [0, 0.05) is 26.1 Å². The first-order valence-corrected chi connectivity index (χ1v) is 11.2. The predicted molar refractivity (Wildman–Crippen MR) is 125 cm³/mol. The van der Waals surface area contributed by atoms with Crippen LogP contribution in [0.15, 0.2) is 48.5 Å². The van der Waals surface area contributed by atoms with Crippen molar-refractivity contribution in [3.63, 3.8) is 0 Å². The molecule has 3 rings (SSSR count). The summed E-state index contributed by atoms with van der Waals surface area (Å²) in [5, 5.41) is 0. The van der Waals surface area contributed by atoms with E-state index in [0.717, 1.165) is 22.4 Å². The highest BCUT2D eigenvalue weighted by Crippen LogP contribution is 2.32. The zero-order chi connectivity index (χ0) is 23.3. The van der Waals surface area contributed by atoms with E-state index in [-0.39, 0.29) is 18.0 Å². The van der Waals surface area contributed by atoms with Crippen molar-refractivity contribution >= 4 is 12.0 Å². The number of carbonyl (C=O) groups is 2. The van der Waals surface area contributed by atoms with E-state index in [2.05, 4.69) is 0 Å². The number of aryl methyl sites for hydroxylation is 1. The monoisotopic (exact) mass is 438 g/mol. The van der Waals surface area contributed by atoms with Gasteiger partial charge in [0.25, 0.3) is 0 Å². The van der Waals surface area contributed by atoms with Crippen molar-refractivity contribution in [2.75, 3.05) is 19.6 Å². The summed E-state index contributed by atoms with van der Waals surface area (Å²) in [4.78, 5) is 28.9. The van der Waals surface area contributed by atoms with E-state index in [4.69, 9.17) is 9.47 Å². The fourth-order valence-electron chi connectivity index (χ4n) is 3.89. The molecule has 0 N–H and O–H groups in total. The van der Waals surface area contributed by atoms with Crippen molar-refractivity contribution in [2.45, 2.75) is 59.3 Å². The van der Waals surface area contributed by atoms with Crippen LogP contribution in [0.2, 0.25) is 0 Å². The summed E-state index contributed by atoms with van der Waals surface area (Å²) in [6.45, 7) is 11.4. The van der Waals surface area contributed by atoms with Gasteiger partial charge in [0.1, 0.15) is 18.0 Å². The normalized spacial score (nSPS) is 16.6. The van der Waals surface area contributed by atoms with Crippen LogP contribution in [-0.2, 0) is 16.1 Å². The largest absolute Gasteiger partial charge is 0.489 e. The Hall–Kier alpha value is -3.02. The standard InChI is InChI=1S/C26H34N2O4/c1-6-24(29)27-14-15-28(25(30)32-26(3,4)5)23(17-27)22-13-12-21(16-19(22)2)31-18-20-10-8-7-9-11-20/h7-13,16,23H,6,14-15,17-18H2,1-5H3. The Morgan fingerprint density at radius 3 is 2.41 bits per heavy atom. The molecule has 1 fully saturated rings. The van der Waals surface area contributed by atoms with Crippen molar-refractivity contribution < 1.29 is 19.1 Å². The first-order valence-electron chi connectivity index (χ1n) is 11.2. The molecule has 2 aromatic rings. The number of nitrogens with zero attached hydrogens (tertiary/aromatic N) is 2. The Bertz CT molecular complexity index is 937. The topological polar surface area (TPSA) is 59.1 Å². The average Bonchev–Trinajstić information content (AvgIpc) is 2.76. The molecule has 6 heteroatoms. The Balaban J connectivity index is 1.82. The molecular formula is C26H34N2O4. The van der Waals surface area contributed by atoms with E-state index in [1.54, 1.807) is 4.90 Å². The van der Waals surface area contributed by atoms with Gasteiger partial charge in [-0.15, -0.1) is 0 Å². The Kier molecular flexibility index (Phi) is 7.44. The number of hydrogen-bond donors (Lipinski definition) is 0. The molecule has 2 amide bonds. The summed E-state index contributed by atoms with van der Waals surface area (Å²) in [6, 6.07) is 15.7. The highest BCUT2D eigenvalue weighted by Gasteiger charge is 2.36. The second-order valence-electron chi connectivity index (χ2n) is 9.18. The molecule has 2 aromatic carbocycles. The fraction of sp³-hybridized carbons (Fsp3) is 0.462. The van der Waals surface area contributed by atoms with Gasteiger partial charge in [-0.3, -0.25) is 9.69 Å². The minimum absolute atomic E-state index is 0.0966. The van der Waals surface area contributed by atoms with E-state index in [9.17, 15) is 9.59 Å². The van der Waals surface area contributed by atoms with Crippen LogP contribution < -0.4 is 4.74 Å². The van der Waals surface area contributed by atoms with E-state index < -0.39 is 5.60 Å². The van der Waals surface area contributed by atoms with Gasteiger partial charge in [-0.1, -0.05) is 43.3 Å².